The van der Waals surface area contributed by atoms with Crippen molar-refractivity contribution >= 4 is 11.3 Å². The smallest absolute Gasteiger partial charge is 0.0118 e. The monoisotopic (exact) mass is 281 g/mol. The summed E-state index contributed by atoms with van der Waals surface area (Å²) >= 11 is 1.88. The molecule has 0 amide bonds. The van der Waals surface area contributed by atoms with Crippen molar-refractivity contribution in [1.82, 2.24) is 5.32 Å². The SMILES string of the molecule is CCCNC(Cc1cccs1)CC(C)CC(C)(C)C. The normalized spacial score (nSPS) is 15.4. The molecule has 1 aromatic heterocycles. The van der Waals surface area contributed by atoms with Crippen molar-refractivity contribution < 1.29 is 0 Å². The van der Waals surface area contributed by atoms with Crippen LogP contribution in [0.4, 0.5) is 0 Å². The van der Waals surface area contributed by atoms with Crippen LogP contribution < -0.4 is 5.32 Å². The second kappa shape index (κ2) is 8.06. The van der Waals surface area contributed by atoms with Gasteiger partial charge in [0.1, 0.15) is 0 Å². The molecule has 0 fully saturated rings. The quantitative estimate of drug-likeness (QED) is 0.697. The second-order valence-electron chi connectivity index (χ2n) is 7.04. The summed E-state index contributed by atoms with van der Waals surface area (Å²) < 4.78 is 0. The average Bonchev–Trinajstić information content (AvgIpc) is 2.75. The summed E-state index contributed by atoms with van der Waals surface area (Å²) in [6.07, 6.45) is 5.00. The van der Waals surface area contributed by atoms with E-state index in [4.69, 9.17) is 0 Å². The minimum Gasteiger partial charge on any atom is -0.314 e. The van der Waals surface area contributed by atoms with Crippen molar-refractivity contribution in [2.24, 2.45) is 11.3 Å². The Morgan fingerprint density at radius 3 is 2.58 bits per heavy atom. The van der Waals surface area contributed by atoms with Crippen LogP contribution in [0, 0.1) is 11.3 Å². The molecule has 0 radical (unpaired) electrons. The van der Waals surface area contributed by atoms with Gasteiger partial charge in [0, 0.05) is 10.9 Å². The minimum atomic E-state index is 0.442. The van der Waals surface area contributed by atoms with E-state index in [0.717, 1.165) is 12.5 Å². The molecular weight excluding hydrogens is 250 g/mol. The Balaban J connectivity index is 2.48. The van der Waals surface area contributed by atoms with Crippen LogP contribution in [0.15, 0.2) is 17.5 Å². The second-order valence-corrected chi connectivity index (χ2v) is 8.07. The fourth-order valence-electron chi connectivity index (χ4n) is 2.87. The van der Waals surface area contributed by atoms with Gasteiger partial charge < -0.3 is 5.32 Å². The molecule has 1 aromatic rings. The van der Waals surface area contributed by atoms with Crippen LogP contribution in [-0.2, 0) is 6.42 Å². The molecule has 0 aromatic carbocycles. The Kier molecular flexibility index (Phi) is 7.09. The zero-order valence-electron chi connectivity index (χ0n) is 13.3. The van der Waals surface area contributed by atoms with Gasteiger partial charge in [-0.2, -0.15) is 0 Å². The Hall–Kier alpha value is -0.340. The van der Waals surface area contributed by atoms with E-state index < -0.39 is 0 Å². The molecule has 0 bridgehead atoms. The first kappa shape index (κ1) is 16.7. The van der Waals surface area contributed by atoms with Crippen molar-refractivity contribution in [3.05, 3.63) is 22.4 Å². The molecule has 0 saturated heterocycles. The molecule has 1 N–H and O–H groups in total. The molecule has 1 nitrogen and oxygen atoms in total. The van der Waals surface area contributed by atoms with Crippen molar-refractivity contribution in [2.75, 3.05) is 6.54 Å². The van der Waals surface area contributed by atoms with Crippen LogP contribution in [0.5, 0.6) is 0 Å². The van der Waals surface area contributed by atoms with Crippen molar-refractivity contribution in [1.29, 1.82) is 0 Å². The van der Waals surface area contributed by atoms with E-state index in [-0.39, 0.29) is 0 Å². The first-order valence-electron chi connectivity index (χ1n) is 7.66. The van der Waals surface area contributed by atoms with Crippen molar-refractivity contribution in [3.63, 3.8) is 0 Å². The molecule has 0 aliphatic heterocycles. The van der Waals surface area contributed by atoms with Gasteiger partial charge in [-0.1, -0.05) is 40.7 Å². The van der Waals surface area contributed by atoms with E-state index in [1.165, 1.54) is 30.6 Å². The summed E-state index contributed by atoms with van der Waals surface area (Å²) in [5.74, 6) is 0.786. The van der Waals surface area contributed by atoms with E-state index in [2.05, 4.69) is 57.4 Å². The van der Waals surface area contributed by atoms with Gasteiger partial charge in [0.15, 0.2) is 0 Å². The Morgan fingerprint density at radius 1 is 1.32 bits per heavy atom. The molecule has 1 heterocycles. The lowest BCUT2D eigenvalue weighted by Crippen LogP contribution is -2.33. The van der Waals surface area contributed by atoms with Crippen molar-refractivity contribution in [2.45, 2.75) is 66.3 Å². The maximum absolute atomic E-state index is 3.73. The molecular formula is C17H31NS. The Bertz CT molecular complexity index is 324. The van der Waals surface area contributed by atoms with Gasteiger partial charge in [-0.3, -0.25) is 0 Å². The summed E-state index contributed by atoms with van der Waals surface area (Å²) in [5, 5.41) is 5.92. The van der Waals surface area contributed by atoms with E-state index in [0.29, 0.717) is 11.5 Å². The van der Waals surface area contributed by atoms with Crippen molar-refractivity contribution in [3.8, 4) is 0 Å². The summed E-state index contributed by atoms with van der Waals surface area (Å²) in [6.45, 7) is 12.8. The van der Waals surface area contributed by atoms with Crippen LogP contribution in [0.25, 0.3) is 0 Å². The third-order valence-corrected chi connectivity index (χ3v) is 4.26. The highest BCUT2D eigenvalue weighted by Crippen LogP contribution is 2.27. The lowest BCUT2D eigenvalue weighted by molar-refractivity contribution is 0.274. The predicted octanol–water partition coefficient (Wildman–Crippen LogP) is 5.12. The van der Waals surface area contributed by atoms with Crippen LogP contribution in [0.3, 0.4) is 0 Å². The molecule has 2 atom stereocenters. The Labute approximate surface area is 123 Å². The van der Waals surface area contributed by atoms with Crippen LogP contribution in [0.1, 0.15) is 58.8 Å². The summed E-state index contributed by atoms with van der Waals surface area (Å²) in [6, 6.07) is 5.06. The van der Waals surface area contributed by atoms with Gasteiger partial charge in [-0.05, 0) is 55.0 Å². The number of thiophene rings is 1. The summed E-state index contributed by atoms with van der Waals surface area (Å²) in [7, 11) is 0. The number of rotatable bonds is 8. The van der Waals surface area contributed by atoms with Gasteiger partial charge >= 0.3 is 0 Å². The highest BCUT2D eigenvalue weighted by atomic mass is 32.1. The molecule has 2 heteroatoms. The standard InChI is InChI=1S/C17H31NS/c1-6-9-18-15(12-16-8-7-10-19-16)11-14(2)13-17(3,4)5/h7-8,10,14-15,18H,6,9,11-13H2,1-5H3. The van der Waals surface area contributed by atoms with Gasteiger partial charge in [-0.25, -0.2) is 0 Å². The molecule has 19 heavy (non-hydrogen) atoms. The van der Waals surface area contributed by atoms with E-state index in [1.54, 1.807) is 0 Å². The topological polar surface area (TPSA) is 12.0 Å². The van der Waals surface area contributed by atoms with E-state index in [9.17, 15) is 0 Å². The van der Waals surface area contributed by atoms with E-state index in [1.807, 2.05) is 11.3 Å². The lowest BCUT2D eigenvalue weighted by atomic mass is 9.82. The molecule has 110 valence electrons. The predicted molar refractivity (Wildman–Crippen MR) is 88.0 cm³/mol. The maximum Gasteiger partial charge on any atom is 0.0118 e. The summed E-state index contributed by atoms with van der Waals surface area (Å²) in [4.78, 5) is 1.51. The molecule has 0 spiro atoms. The van der Waals surface area contributed by atoms with Gasteiger partial charge in [0.25, 0.3) is 0 Å². The lowest BCUT2D eigenvalue weighted by Gasteiger charge is -2.27. The number of hydrogen-bond donors (Lipinski definition) is 1. The highest BCUT2D eigenvalue weighted by Gasteiger charge is 2.19. The van der Waals surface area contributed by atoms with Gasteiger partial charge in [-0.15, -0.1) is 11.3 Å². The largest absolute Gasteiger partial charge is 0.314 e. The van der Waals surface area contributed by atoms with Gasteiger partial charge in [0.05, 0.1) is 0 Å². The van der Waals surface area contributed by atoms with Gasteiger partial charge in [0.2, 0.25) is 0 Å². The highest BCUT2D eigenvalue weighted by molar-refractivity contribution is 7.09. The zero-order chi connectivity index (χ0) is 14.3. The first-order valence-corrected chi connectivity index (χ1v) is 8.54. The third kappa shape index (κ3) is 7.74. The number of nitrogens with one attached hydrogen (secondary N) is 1. The molecule has 1 rings (SSSR count). The zero-order valence-corrected chi connectivity index (χ0v) is 14.1. The fourth-order valence-corrected chi connectivity index (χ4v) is 3.66. The molecule has 2 unspecified atom stereocenters. The Morgan fingerprint density at radius 2 is 2.05 bits per heavy atom. The van der Waals surface area contributed by atoms with E-state index >= 15 is 0 Å². The molecule has 0 saturated carbocycles. The summed E-state index contributed by atoms with van der Waals surface area (Å²) in [5.41, 5.74) is 0.442. The fraction of sp³-hybridized carbons (Fsp3) is 0.765. The maximum atomic E-state index is 3.73. The average molecular weight is 282 g/mol. The third-order valence-electron chi connectivity index (χ3n) is 3.36. The minimum absolute atomic E-state index is 0.442. The first-order chi connectivity index (χ1) is 8.90. The molecule has 0 aliphatic carbocycles. The van der Waals surface area contributed by atoms with Crippen LogP contribution >= 0.6 is 11.3 Å². The van der Waals surface area contributed by atoms with Crippen LogP contribution in [-0.4, -0.2) is 12.6 Å². The number of hydrogen-bond acceptors (Lipinski definition) is 2. The molecule has 0 aliphatic rings. The van der Waals surface area contributed by atoms with Crippen LogP contribution in [0.2, 0.25) is 0 Å².